The van der Waals surface area contributed by atoms with Gasteiger partial charge in [-0.3, -0.25) is 19.5 Å². The van der Waals surface area contributed by atoms with Gasteiger partial charge in [0.25, 0.3) is 5.91 Å². The molecule has 0 saturated heterocycles. The van der Waals surface area contributed by atoms with E-state index in [1.807, 2.05) is 25.1 Å². The number of aromatic amines is 1. The molecule has 3 aromatic heterocycles. The predicted octanol–water partition coefficient (Wildman–Crippen LogP) is 3.64. The Morgan fingerprint density at radius 3 is 2.80 bits per heavy atom. The van der Waals surface area contributed by atoms with Crippen molar-refractivity contribution in [2.45, 2.75) is 13.0 Å². The summed E-state index contributed by atoms with van der Waals surface area (Å²) in [5.41, 5.74) is 2.74. The van der Waals surface area contributed by atoms with Crippen molar-refractivity contribution in [2.24, 2.45) is 0 Å². The fraction of sp³-hybridized carbons (Fsp3) is 0.0909. The Kier molecular flexibility index (Phi) is 3.99. The van der Waals surface area contributed by atoms with Crippen molar-refractivity contribution >= 4 is 28.7 Å². The number of carbonyl (C=O) groups excluding carboxylic acids is 2. The lowest BCUT2D eigenvalue weighted by molar-refractivity contribution is -0.117. The van der Waals surface area contributed by atoms with Crippen molar-refractivity contribution in [2.75, 3.05) is 4.90 Å². The first-order valence-corrected chi connectivity index (χ1v) is 9.27. The van der Waals surface area contributed by atoms with Crippen LogP contribution in [0.1, 0.15) is 27.9 Å². The number of H-pyrrole nitrogens is 1. The number of furan rings is 1. The molecule has 1 aromatic carbocycles. The second kappa shape index (κ2) is 6.70. The highest BCUT2D eigenvalue weighted by molar-refractivity contribution is 6.19. The number of nitrogens with zero attached hydrogens (tertiary/aromatic N) is 3. The Balaban J connectivity index is 1.68. The van der Waals surface area contributed by atoms with Gasteiger partial charge < -0.3 is 14.5 Å². The molecule has 148 valence electrons. The van der Waals surface area contributed by atoms with Gasteiger partial charge in [-0.2, -0.15) is 0 Å². The number of aromatic nitrogens is 3. The van der Waals surface area contributed by atoms with Crippen molar-refractivity contribution in [1.82, 2.24) is 15.0 Å². The molecule has 8 heteroatoms. The highest BCUT2D eigenvalue weighted by Crippen LogP contribution is 2.40. The first kappa shape index (κ1) is 17.9. The summed E-state index contributed by atoms with van der Waals surface area (Å²) in [6.07, 6.45) is 2.92. The molecule has 30 heavy (non-hydrogen) atoms. The first-order valence-electron chi connectivity index (χ1n) is 9.27. The van der Waals surface area contributed by atoms with Gasteiger partial charge in [-0.15, -0.1) is 0 Å². The van der Waals surface area contributed by atoms with Crippen LogP contribution in [-0.4, -0.2) is 31.7 Å². The highest BCUT2D eigenvalue weighted by Gasteiger charge is 2.47. The molecule has 1 aliphatic heterocycles. The van der Waals surface area contributed by atoms with Crippen molar-refractivity contribution in [1.29, 1.82) is 0 Å². The number of hydrogen-bond acceptors (Lipinski definition) is 6. The number of rotatable bonds is 4. The van der Waals surface area contributed by atoms with E-state index in [0.717, 1.165) is 11.1 Å². The minimum atomic E-state index is -0.960. The van der Waals surface area contributed by atoms with Crippen molar-refractivity contribution in [3.8, 4) is 0 Å². The number of pyridine rings is 1. The third-order valence-electron chi connectivity index (χ3n) is 5.02. The molecule has 1 unspecified atom stereocenters. The van der Waals surface area contributed by atoms with Gasteiger partial charge in [-0.25, -0.2) is 4.98 Å². The minimum Gasteiger partial charge on any atom is -0.503 e. The Bertz CT molecular complexity index is 1310. The van der Waals surface area contributed by atoms with Gasteiger partial charge in [0, 0.05) is 6.20 Å². The van der Waals surface area contributed by atoms with E-state index < -0.39 is 23.5 Å². The zero-order chi connectivity index (χ0) is 20.8. The molecule has 4 aromatic rings. The second-order valence-corrected chi connectivity index (χ2v) is 6.98. The lowest BCUT2D eigenvalue weighted by Crippen LogP contribution is -2.32. The summed E-state index contributed by atoms with van der Waals surface area (Å²) in [6.45, 7) is 1.95. The van der Waals surface area contributed by atoms with E-state index in [9.17, 15) is 14.7 Å². The molecule has 8 nitrogen and oxygen atoms in total. The Labute approximate surface area is 170 Å². The molecule has 0 fully saturated rings. The van der Waals surface area contributed by atoms with Gasteiger partial charge in [0.05, 0.1) is 28.6 Å². The standard InChI is InChI=1S/C22H16N4O4/c1-12-7-8-13-15(11-12)25-22(24-13)26-18(14-5-2-3-9-23-14)17(20(28)21(26)29)19(27)16-6-4-10-30-16/h2-11,18,28H,1H3,(H,24,25). The Hall–Kier alpha value is -4.20. The molecule has 1 atom stereocenters. The smallest absolute Gasteiger partial charge is 0.296 e. The van der Waals surface area contributed by atoms with Crippen molar-refractivity contribution in [3.05, 3.63) is 89.3 Å². The fourth-order valence-electron chi connectivity index (χ4n) is 3.64. The third-order valence-corrected chi connectivity index (χ3v) is 5.02. The number of carbonyl (C=O) groups is 2. The number of fused-ring (bicyclic) bond motifs is 1. The lowest BCUT2D eigenvalue weighted by Gasteiger charge is -2.23. The third kappa shape index (κ3) is 2.69. The number of Topliss-reactive ketones (excluding diaryl/α,β-unsaturated/α-hetero) is 1. The molecule has 0 radical (unpaired) electrons. The van der Waals surface area contributed by atoms with Gasteiger partial charge >= 0.3 is 0 Å². The van der Waals surface area contributed by atoms with E-state index in [-0.39, 0.29) is 17.3 Å². The maximum atomic E-state index is 13.1. The van der Waals surface area contributed by atoms with Crippen molar-refractivity contribution in [3.63, 3.8) is 0 Å². The number of anilines is 1. The molecule has 0 spiro atoms. The SMILES string of the molecule is Cc1ccc2nc(N3C(=O)C(O)=C(C(=O)c4ccco4)C3c3ccccn3)[nH]c2c1. The largest absolute Gasteiger partial charge is 0.503 e. The van der Waals surface area contributed by atoms with Crippen LogP contribution < -0.4 is 4.90 Å². The van der Waals surface area contributed by atoms with Crippen LogP contribution in [0.15, 0.2) is 76.7 Å². The van der Waals surface area contributed by atoms with E-state index in [0.29, 0.717) is 11.2 Å². The summed E-state index contributed by atoms with van der Waals surface area (Å²) in [6, 6.07) is 12.9. The summed E-state index contributed by atoms with van der Waals surface area (Å²) < 4.78 is 5.21. The van der Waals surface area contributed by atoms with E-state index >= 15 is 0 Å². The summed E-state index contributed by atoms with van der Waals surface area (Å²) >= 11 is 0. The molecule has 0 aliphatic carbocycles. The van der Waals surface area contributed by atoms with Crippen LogP contribution in [-0.2, 0) is 4.79 Å². The topological polar surface area (TPSA) is 112 Å². The van der Waals surface area contributed by atoms with E-state index in [1.165, 1.54) is 17.2 Å². The number of imidazole rings is 1. The fourth-order valence-corrected chi connectivity index (χ4v) is 3.64. The lowest BCUT2D eigenvalue weighted by atomic mass is 9.98. The predicted molar refractivity (Wildman–Crippen MR) is 108 cm³/mol. The van der Waals surface area contributed by atoms with Gasteiger partial charge in [-0.05, 0) is 48.9 Å². The van der Waals surface area contributed by atoms with Crippen LogP contribution in [0.4, 0.5) is 5.95 Å². The van der Waals surface area contributed by atoms with Gasteiger partial charge in [0.1, 0.15) is 6.04 Å². The summed E-state index contributed by atoms with van der Waals surface area (Å²) in [5, 5.41) is 10.7. The number of amides is 1. The molecule has 1 amide bonds. The Morgan fingerprint density at radius 2 is 2.07 bits per heavy atom. The average Bonchev–Trinajstić information content (AvgIpc) is 3.47. The number of nitrogens with one attached hydrogen (secondary N) is 1. The monoisotopic (exact) mass is 400 g/mol. The van der Waals surface area contributed by atoms with Crippen LogP contribution in [0.25, 0.3) is 11.0 Å². The molecule has 0 bridgehead atoms. The quantitative estimate of drug-likeness (QED) is 0.506. The van der Waals surface area contributed by atoms with Gasteiger partial charge in [0.2, 0.25) is 11.7 Å². The number of aryl methyl sites for hydroxylation is 1. The van der Waals surface area contributed by atoms with Crippen LogP contribution in [0, 0.1) is 6.92 Å². The number of ketones is 1. The van der Waals surface area contributed by atoms with Crippen LogP contribution in [0.3, 0.4) is 0 Å². The van der Waals surface area contributed by atoms with E-state index in [4.69, 9.17) is 4.42 Å². The summed E-state index contributed by atoms with van der Waals surface area (Å²) in [4.78, 5) is 39.4. The number of hydrogen-bond donors (Lipinski definition) is 2. The maximum Gasteiger partial charge on any atom is 0.296 e. The first-order chi connectivity index (χ1) is 14.5. The molecule has 4 heterocycles. The second-order valence-electron chi connectivity index (χ2n) is 6.98. The van der Waals surface area contributed by atoms with E-state index in [2.05, 4.69) is 15.0 Å². The van der Waals surface area contributed by atoms with E-state index in [1.54, 1.807) is 30.5 Å². The Morgan fingerprint density at radius 1 is 1.20 bits per heavy atom. The van der Waals surface area contributed by atoms with Gasteiger partial charge in [-0.1, -0.05) is 12.1 Å². The molecule has 5 rings (SSSR count). The average molecular weight is 400 g/mol. The van der Waals surface area contributed by atoms with Crippen LogP contribution in [0.5, 0.6) is 0 Å². The number of benzene rings is 1. The molecular formula is C22H16N4O4. The normalized spacial score (nSPS) is 16.6. The zero-order valence-corrected chi connectivity index (χ0v) is 15.9. The summed E-state index contributed by atoms with van der Waals surface area (Å²) in [7, 11) is 0. The molecule has 0 saturated carbocycles. The molecule has 1 aliphatic rings. The minimum absolute atomic E-state index is 0.0207. The zero-order valence-electron chi connectivity index (χ0n) is 15.9. The summed E-state index contributed by atoms with van der Waals surface area (Å²) in [5.74, 6) is -1.74. The van der Waals surface area contributed by atoms with Crippen LogP contribution >= 0.6 is 0 Å². The number of aliphatic hydroxyl groups is 1. The number of aliphatic hydroxyl groups excluding tert-OH is 1. The molecular weight excluding hydrogens is 384 g/mol. The van der Waals surface area contributed by atoms with Crippen molar-refractivity contribution < 1.29 is 19.1 Å². The van der Waals surface area contributed by atoms with Gasteiger partial charge in [0.15, 0.2) is 11.5 Å². The molecule has 2 N–H and O–H groups in total. The van der Waals surface area contributed by atoms with Crippen LogP contribution in [0.2, 0.25) is 0 Å². The maximum absolute atomic E-state index is 13.1. The highest BCUT2D eigenvalue weighted by atomic mass is 16.3.